The van der Waals surface area contributed by atoms with Crippen molar-refractivity contribution in [3.05, 3.63) is 42.0 Å². The Morgan fingerprint density at radius 1 is 1.17 bits per heavy atom. The number of thioether (sulfide) groups is 1. The third-order valence-electron chi connectivity index (χ3n) is 4.91. The Balaban J connectivity index is 1.93. The smallest absolute Gasteiger partial charge is 0.318 e. The third-order valence-corrected chi connectivity index (χ3v) is 5.71. The molecule has 0 aliphatic carbocycles. The Morgan fingerprint density at radius 2 is 1.83 bits per heavy atom. The Kier molecular flexibility index (Phi) is 9.89. The predicted molar refractivity (Wildman–Crippen MR) is 122 cm³/mol. The number of rotatable bonds is 8. The molecule has 1 N–H and O–H groups in total. The summed E-state index contributed by atoms with van der Waals surface area (Å²) in [5.74, 6) is 0.456. The molecule has 1 fully saturated rings. The van der Waals surface area contributed by atoms with Crippen molar-refractivity contribution in [2.24, 2.45) is 0 Å². The van der Waals surface area contributed by atoms with E-state index in [-0.39, 0.29) is 17.1 Å². The molecule has 0 radical (unpaired) electrons. The summed E-state index contributed by atoms with van der Waals surface area (Å²) in [5.41, 5.74) is 1.05. The molecule has 30 heavy (non-hydrogen) atoms. The van der Waals surface area contributed by atoms with Crippen molar-refractivity contribution in [2.45, 2.75) is 19.9 Å². The number of carbonyl (C=O) groups is 3. The summed E-state index contributed by atoms with van der Waals surface area (Å²) >= 11 is 1.19. The molecule has 1 atom stereocenters. The predicted octanol–water partition coefficient (Wildman–Crippen LogP) is 2.15. The van der Waals surface area contributed by atoms with Crippen LogP contribution in [-0.4, -0.2) is 89.9 Å². The minimum absolute atomic E-state index is 0.0220. The summed E-state index contributed by atoms with van der Waals surface area (Å²) in [7, 11) is 2.03. The van der Waals surface area contributed by atoms with Gasteiger partial charge in [-0.05, 0) is 19.5 Å². The first kappa shape index (κ1) is 24.0. The van der Waals surface area contributed by atoms with Crippen LogP contribution in [0.25, 0.3) is 6.08 Å². The van der Waals surface area contributed by atoms with E-state index >= 15 is 0 Å². The van der Waals surface area contributed by atoms with Crippen molar-refractivity contribution in [3.63, 3.8) is 0 Å². The van der Waals surface area contributed by atoms with Gasteiger partial charge >= 0.3 is 6.03 Å². The molecule has 164 valence electrons. The molecule has 2 rings (SSSR count). The standard InChI is InChI=1S/C22H32N4O3S/c1-18(21(28)25-14-12-24(3)13-15-25)23-22(29)26(16-17-30-19(2)27)11-7-10-20-8-5-4-6-9-20/h4-10,18H,11-17H2,1-3H3,(H,23,29)/t18-/m0/s1. The maximum atomic E-state index is 12.8. The molecule has 0 aromatic heterocycles. The number of urea groups is 1. The van der Waals surface area contributed by atoms with Crippen LogP contribution in [0.1, 0.15) is 19.4 Å². The van der Waals surface area contributed by atoms with Gasteiger partial charge in [0.25, 0.3) is 0 Å². The van der Waals surface area contributed by atoms with Gasteiger partial charge in [0, 0.05) is 51.9 Å². The van der Waals surface area contributed by atoms with Gasteiger partial charge in [-0.1, -0.05) is 54.2 Å². The number of piperazine rings is 1. The largest absolute Gasteiger partial charge is 0.338 e. The summed E-state index contributed by atoms with van der Waals surface area (Å²) in [6.45, 7) is 7.08. The molecule has 1 aromatic rings. The maximum Gasteiger partial charge on any atom is 0.318 e. The molecule has 0 unspecified atom stereocenters. The van der Waals surface area contributed by atoms with Crippen LogP contribution in [0.5, 0.6) is 0 Å². The normalized spacial score (nSPS) is 15.8. The fourth-order valence-corrected chi connectivity index (χ4v) is 3.69. The van der Waals surface area contributed by atoms with Crippen LogP contribution in [-0.2, 0) is 9.59 Å². The van der Waals surface area contributed by atoms with Gasteiger partial charge in [-0.2, -0.15) is 0 Å². The molecule has 1 aromatic carbocycles. The Morgan fingerprint density at radius 3 is 2.47 bits per heavy atom. The van der Waals surface area contributed by atoms with Crippen LogP contribution in [0.2, 0.25) is 0 Å². The van der Waals surface area contributed by atoms with Gasteiger partial charge in [0.05, 0.1) is 0 Å². The molecule has 1 aliphatic rings. The number of carbonyl (C=O) groups excluding carboxylic acids is 3. The van der Waals surface area contributed by atoms with Crippen LogP contribution in [0.15, 0.2) is 36.4 Å². The Hall–Kier alpha value is -2.32. The fraction of sp³-hybridized carbons (Fsp3) is 0.500. The number of nitrogens with one attached hydrogen (secondary N) is 1. The molecule has 1 aliphatic heterocycles. The van der Waals surface area contributed by atoms with Crippen molar-refractivity contribution in [1.29, 1.82) is 0 Å². The van der Waals surface area contributed by atoms with Crippen molar-refractivity contribution in [3.8, 4) is 0 Å². The van der Waals surface area contributed by atoms with Gasteiger partial charge in [0.15, 0.2) is 5.12 Å². The lowest BCUT2D eigenvalue weighted by molar-refractivity contribution is -0.134. The maximum absolute atomic E-state index is 12.8. The van der Waals surface area contributed by atoms with E-state index in [1.807, 2.05) is 49.5 Å². The van der Waals surface area contributed by atoms with Crippen molar-refractivity contribution >= 4 is 34.9 Å². The second-order valence-electron chi connectivity index (χ2n) is 7.40. The van der Waals surface area contributed by atoms with Gasteiger partial charge < -0.3 is 20.0 Å². The first-order valence-corrected chi connectivity index (χ1v) is 11.2. The Labute approximate surface area is 183 Å². The second-order valence-corrected chi connectivity index (χ2v) is 8.67. The highest BCUT2D eigenvalue weighted by Crippen LogP contribution is 2.07. The average molecular weight is 433 g/mol. The van der Waals surface area contributed by atoms with E-state index in [4.69, 9.17) is 0 Å². The van der Waals surface area contributed by atoms with Crippen molar-refractivity contribution in [2.75, 3.05) is 52.1 Å². The van der Waals surface area contributed by atoms with E-state index in [0.717, 1.165) is 18.7 Å². The van der Waals surface area contributed by atoms with Crippen LogP contribution in [0.3, 0.4) is 0 Å². The highest BCUT2D eigenvalue weighted by molar-refractivity contribution is 8.13. The topological polar surface area (TPSA) is 73.0 Å². The summed E-state index contributed by atoms with van der Waals surface area (Å²) in [6, 6.07) is 8.95. The van der Waals surface area contributed by atoms with Gasteiger partial charge in [0.1, 0.15) is 6.04 Å². The minimum atomic E-state index is -0.595. The van der Waals surface area contributed by atoms with Crippen molar-refractivity contribution in [1.82, 2.24) is 20.0 Å². The summed E-state index contributed by atoms with van der Waals surface area (Å²) < 4.78 is 0. The molecule has 0 saturated carbocycles. The van der Waals surface area contributed by atoms with Crippen LogP contribution >= 0.6 is 11.8 Å². The van der Waals surface area contributed by atoms with Gasteiger partial charge in [-0.3, -0.25) is 9.59 Å². The van der Waals surface area contributed by atoms with E-state index in [9.17, 15) is 14.4 Å². The first-order chi connectivity index (χ1) is 14.4. The van der Waals surface area contributed by atoms with Crippen LogP contribution in [0.4, 0.5) is 4.79 Å². The van der Waals surface area contributed by atoms with Crippen molar-refractivity contribution < 1.29 is 14.4 Å². The van der Waals surface area contributed by atoms with E-state index < -0.39 is 6.04 Å². The fourth-order valence-electron chi connectivity index (χ4n) is 3.09. The molecule has 1 saturated heterocycles. The molecule has 7 nitrogen and oxygen atoms in total. The van der Waals surface area contributed by atoms with Gasteiger partial charge in [-0.25, -0.2) is 4.79 Å². The van der Waals surface area contributed by atoms with Crippen LogP contribution < -0.4 is 5.32 Å². The number of hydrogen-bond acceptors (Lipinski definition) is 5. The number of hydrogen-bond donors (Lipinski definition) is 1. The third kappa shape index (κ3) is 8.20. The molecule has 8 heteroatoms. The molecule has 0 bridgehead atoms. The number of likely N-dealkylation sites (N-methyl/N-ethyl adjacent to an activating group) is 1. The molecular weight excluding hydrogens is 400 g/mol. The lowest BCUT2D eigenvalue weighted by Crippen LogP contribution is -2.55. The highest BCUT2D eigenvalue weighted by atomic mass is 32.2. The SMILES string of the molecule is CC(=O)SCCN(CC=Cc1ccccc1)C(=O)N[C@@H](C)C(=O)N1CCN(C)CC1. The number of benzene rings is 1. The molecule has 3 amide bonds. The number of amides is 3. The average Bonchev–Trinajstić information content (AvgIpc) is 2.73. The molecular formula is C22H32N4O3S. The van der Waals surface area contributed by atoms with Gasteiger partial charge in [0.2, 0.25) is 5.91 Å². The van der Waals surface area contributed by atoms with E-state index in [1.165, 1.54) is 18.7 Å². The monoisotopic (exact) mass is 432 g/mol. The zero-order valence-electron chi connectivity index (χ0n) is 18.0. The van der Waals surface area contributed by atoms with E-state index in [1.54, 1.807) is 16.7 Å². The lowest BCUT2D eigenvalue weighted by atomic mass is 10.2. The summed E-state index contributed by atoms with van der Waals surface area (Å²) in [4.78, 5) is 42.3. The first-order valence-electron chi connectivity index (χ1n) is 10.2. The quantitative estimate of drug-likeness (QED) is 0.682. The zero-order chi connectivity index (χ0) is 21.9. The van der Waals surface area contributed by atoms with E-state index in [2.05, 4.69) is 10.2 Å². The summed E-state index contributed by atoms with van der Waals surface area (Å²) in [5, 5.41) is 2.85. The summed E-state index contributed by atoms with van der Waals surface area (Å²) in [6.07, 6.45) is 3.87. The van der Waals surface area contributed by atoms with Gasteiger partial charge in [-0.15, -0.1) is 0 Å². The zero-order valence-corrected chi connectivity index (χ0v) is 18.9. The minimum Gasteiger partial charge on any atom is -0.338 e. The van der Waals surface area contributed by atoms with Crippen LogP contribution in [0, 0.1) is 0 Å². The second kappa shape index (κ2) is 12.4. The molecule has 0 spiro atoms. The molecule has 1 heterocycles. The number of nitrogens with zero attached hydrogens (tertiary/aromatic N) is 3. The Bertz CT molecular complexity index is 733. The van der Waals surface area contributed by atoms with E-state index in [0.29, 0.717) is 31.9 Å². The highest BCUT2D eigenvalue weighted by Gasteiger charge is 2.26. The lowest BCUT2D eigenvalue weighted by Gasteiger charge is -2.34.